The van der Waals surface area contributed by atoms with E-state index >= 15 is 0 Å². The number of methoxy groups -OCH3 is 1. The topological polar surface area (TPSA) is 83.0 Å². The molecule has 0 saturated carbocycles. The largest absolute Gasteiger partial charge is 0.497 e. The molecule has 8 heteroatoms. The normalized spacial score (nSPS) is 15.9. The molecule has 0 amide bonds. The summed E-state index contributed by atoms with van der Waals surface area (Å²) >= 11 is 1.24. The van der Waals surface area contributed by atoms with E-state index in [9.17, 15) is 9.59 Å². The molecular formula is C23H20N2O5S. The highest BCUT2D eigenvalue weighted by atomic mass is 32.1. The maximum atomic E-state index is 13.4. The van der Waals surface area contributed by atoms with Gasteiger partial charge in [0.2, 0.25) is 0 Å². The summed E-state index contributed by atoms with van der Waals surface area (Å²) in [4.78, 5) is 31.3. The Hall–Kier alpha value is -3.65. The van der Waals surface area contributed by atoms with Crippen molar-refractivity contribution >= 4 is 23.4 Å². The highest BCUT2D eigenvalue weighted by molar-refractivity contribution is 7.07. The molecule has 31 heavy (non-hydrogen) atoms. The summed E-state index contributed by atoms with van der Waals surface area (Å²) in [7, 11) is 1.58. The Morgan fingerprint density at radius 3 is 2.74 bits per heavy atom. The van der Waals surface area contributed by atoms with E-state index in [-0.39, 0.29) is 12.2 Å². The fraction of sp³-hybridized carbons (Fsp3) is 0.174. The molecule has 1 atom stereocenters. The average Bonchev–Trinajstić information content (AvgIpc) is 3.39. The van der Waals surface area contributed by atoms with E-state index in [2.05, 4.69) is 11.6 Å². The van der Waals surface area contributed by atoms with Crippen LogP contribution in [0.2, 0.25) is 0 Å². The molecule has 1 aromatic carbocycles. The first-order chi connectivity index (χ1) is 15.0. The predicted octanol–water partition coefficient (Wildman–Crippen LogP) is 2.57. The Morgan fingerprint density at radius 1 is 1.32 bits per heavy atom. The van der Waals surface area contributed by atoms with Gasteiger partial charge in [-0.1, -0.05) is 36.1 Å². The molecule has 7 nitrogen and oxygen atoms in total. The number of benzene rings is 1. The van der Waals surface area contributed by atoms with Crippen LogP contribution in [0.1, 0.15) is 24.3 Å². The minimum atomic E-state index is -0.682. The third-order valence-corrected chi connectivity index (χ3v) is 5.80. The van der Waals surface area contributed by atoms with Gasteiger partial charge in [0.05, 0.1) is 35.2 Å². The van der Waals surface area contributed by atoms with Gasteiger partial charge in [-0.25, -0.2) is 9.79 Å². The molecule has 0 unspecified atom stereocenters. The summed E-state index contributed by atoms with van der Waals surface area (Å²) in [6, 6.07) is 10.1. The van der Waals surface area contributed by atoms with Crippen molar-refractivity contribution in [2.24, 2.45) is 4.99 Å². The molecule has 0 N–H and O–H groups in total. The Kier molecular flexibility index (Phi) is 5.73. The van der Waals surface area contributed by atoms with Crippen LogP contribution >= 0.6 is 11.3 Å². The van der Waals surface area contributed by atoms with Crippen LogP contribution < -0.4 is 19.6 Å². The number of furan rings is 1. The van der Waals surface area contributed by atoms with Crippen molar-refractivity contribution in [1.82, 2.24) is 4.57 Å². The lowest BCUT2D eigenvalue weighted by molar-refractivity contribution is -0.138. The summed E-state index contributed by atoms with van der Waals surface area (Å²) in [5, 5.41) is 0. The van der Waals surface area contributed by atoms with Gasteiger partial charge in [0.25, 0.3) is 5.56 Å². The molecule has 0 radical (unpaired) electrons. The van der Waals surface area contributed by atoms with Crippen LogP contribution in [0.25, 0.3) is 6.08 Å². The van der Waals surface area contributed by atoms with Crippen LogP contribution in [-0.2, 0) is 9.53 Å². The first kappa shape index (κ1) is 20.6. The molecule has 1 aliphatic heterocycles. The highest BCUT2D eigenvalue weighted by Crippen LogP contribution is 2.31. The Morgan fingerprint density at radius 2 is 2.10 bits per heavy atom. The molecule has 0 aliphatic carbocycles. The van der Waals surface area contributed by atoms with Gasteiger partial charge in [-0.05, 0) is 36.8 Å². The first-order valence-electron chi connectivity index (χ1n) is 9.51. The molecule has 0 saturated heterocycles. The Labute approximate surface area is 181 Å². The third-order valence-electron chi connectivity index (χ3n) is 4.82. The van der Waals surface area contributed by atoms with Crippen molar-refractivity contribution in [2.45, 2.75) is 13.0 Å². The maximum absolute atomic E-state index is 13.4. The second kappa shape index (κ2) is 8.61. The lowest BCUT2D eigenvalue weighted by Gasteiger charge is -2.24. The lowest BCUT2D eigenvalue weighted by Crippen LogP contribution is -2.39. The van der Waals surface area contributed by atoms with E-state index in [1.807, 2.05) is 12.1 Å². The van der Waals surface area contributed by atoms with Crippen molar-refractivity contribution in [2.75, 3.05) is 13.7 Å². The van der Waals surface area contributed by atoms with Crippen LogP contribution in [0.4, 0.5) is 0 Å². The maximum Gasteiger partial charge on any atom is 0.338 e. The molecule has 0 bridgehead atoms. The molecule has 0 fully saturated rings. The molecule has 1 aliphatic rings. The van der Waals surface area contributed by atoms with Crippen LogP contribution in [0.5, 0.6) is 5.75 Å². The zero-order chi connectivity index (χ0) is 22.0. The second-order valence-electron chi connectivity index (χ2n) is 6.76. The van der Waals surface area contributed by atoms with E-state index < -0.39 is 12.0 Å². The molecule has 158 valence electrons. The summed E-state index contributed by atoms with van der Waals surface area (Å²) in [6.07, 6.45) is 4.71. The van der Waals surface area contributed by atoms with E-state index in [1.165, 1.54) is 22.0 Å². The molecular weight excluding hydrogens is 416 g/mol. The van der Waals surface area contributed by atoms with Gasteiger partial charge in [-0.3, -0.25) is 9.36 Å². The summed E-state index contributed by atoms with van der Waals surface area (Å²) in [6.45, 7) is 5.39. The summed E-state index contributed by atoms with van der Waals surface area (Å²) in [5.41, 5.74) is 1.29. The fourth-order valence-corrected chi connectivity index (χ4v) is 4.43. The number of fused-ring (bicyclic) bond motifs is 1. The minimum Gasteiger partial charge on any atom is -0.497 e. The number of hydrogen-bond donors (Lipinski definition) is 0. The first-order valence-corrected chi connectivity index (χ1v) is 10.3. The zero-order valence-corrected chi connectivity index (χ0v) is 17.8. The molecule has 3 heterocycles. The number of allylic oxidation sites excluding steroid dienone is 1. The molecule has 0 spiro atoms. The van der Waals surface area contributed by atoms with Gasteiger partial charge in [-0.15, -0.1) is 0 Å². The monoisotopic (exact) mass is 436 g/mol. The molecule has 4 rings (SSSR count). The van der Waals surface area contributed by atoms with Crippen LogP contribution in [0, 0.1) is 0 Å². The van der Waals surface area contributed by atoms with Gasteiger partial charge < -0.3 is 13.9 Å². The predicted molar refractivity (Wildman–Crippen MR) is 117 cm³/mol. The van der Waals surface area contributed by atoms with Gasteiger partial charge in [0.1, 0.15) is 18.1 Å². The van der Waals surface area contributed by atoms with Crippen LogP contribution in [0.3, 0.4) is 0 Å². The smallest absolute Gasteiger partial charge is 0.338 e. The number of esters is 1. The van der Waals surface area contributed by atoms with Gasteiger partial charge >= 0.3 is 5.97 Å². The highest BCUT2D eigenvalue weighted by Gasteiger charge is 2.33. The molecule has 3 aromatic rings. The van der Waals surface area contributed by atoms with Crippen LogP contribution in [-0.4, -0.2) is 24.3 Å². The number of nitrogens with zero attached hydrogens (tertiary/aromatic N) is 2. The molecule has 2 aromatic heterocycles. The number of aromatic nitrogens is 1. The number of hydrogen-bond acceptors (Lipinski definition) is 7. The van der Waals surface area contributed by atoms with Gasteiger partial charge in [-0.2, -0.15) is 0 Å². The number of rotatable bonds is 6. The quantitative estimate of drug-likeness (QED) is 0.438. The van der Waals surface area contributed by atoms with E-state index in [0.29, 0.717) is 32.1 Å². The van der Waals surface area contributed by atoms with E-state index in [0.717, 1.165) is 5.56 Å². The van der Waals surface area contributed by atoms with Crippen molar-refractivity contribution in [3.8, 4) is 5.75 Å². The summed E-state index contributed by atoms with van der Waals surface area (Å²) < 4.78 is 17.9. The lowest BCUT2D eigenvalue weighted by atomic mass is 9.96. The van der Waals surface area contributed by atoms with Gasteiger partial charge in [0.15, 0.2) is 4.80 Å². The van der Waals surface area contributed by atoms with Crippen molar-refractivity contribution in [1.29, 1.82) is 0 Å². The number of ether oxygens (including phenoxy) is 2. The van der Waals surface area contributed by atoms with Gasteiger partial charge in [0, 0.05) is 6.08 Å². The number of thiazole rings is 1. The van der Waals surface area contributed by atoms with Crippen molar-refractivity contribution in [3.05, 3.63) is 97.6 Å². The minimum absolute atomic E-state index is 0.0634. The van der Waals surface area contributed by atoms with Crippen molar-refractivity contribution < 1.29 is 18.7 Å². The van der Waals surface area contributed by atoms with E-state index in [4.69, 9.17) is 13.9 Å². The Balaban J connectivity index is 1.93. The number of carbonyl (C=O) groups is 1. The van der Waals surface area contributed by atoms with E-state index in [1.54, 1.807) is 50.6 Å². The second-order valence-corrected chi connectivity index (χ2v) is 7.77. The Bertz CT molecular complexity index is 1330. The fourth-order valence-electron chi connectivity index (χ4n) is 3.40. The average molecular weight is 436 g/mol. The van der Waals surface area contributed by atoms with Crippen LogP contribution in [0.15, 0.2) is 80.8 Å². The SMILES string of the molecule is C=CCOC(=O)C1=C(C)N=c2s/c(=C/c3ccco3)c(=O)n2[C@H]1c1ccc(OC)cc1. The zero-order valence-electron chi connectivity index (χ0n) is 17.0. The third kappa shape index (κ3) is 3.89. The number of carbonyl (C=O) groups excluding carboxylic acids is 1. The van der Waals surface area contributed by atoms with Crippen molar-refractivity contribution in [3.63, 3.8) is 0 Å². The standard InChI is InChI=1S/C23H20N2O5S/c1-4-11-30-22(27)19-14(2)24-23-25(20(19)15-7-9-16(28-3)10-8-15)21(26)18(31-23)13-17-6-5-12-29-17/h4-10,12-13,20H,1,11H2,2-3H3/b18-13+/t20-/m0/s1. The summed E-state index contributed by atoms with van der Waals surface area (Å²) in [5.74, 6) is 0.695.